The summed E-state index contributed by atoms with van der Waals surface area (Å²) in [4.78, 5) is 11.4. The lowest BCUT2D eigenvalue weighted by Gasteiger charge is -2.28. The topological polar surface area (TPSA) is 100 Å². The van der Waals surface area contributed by atoms with E-state index >= 15 is 0 Å². The Bertz CT molecular complexity index is 692. The number of benzene rings is 1. The maximum atomic E-state index is 11.4. The Hall–Kier alpha value is -2.38. The van der Waals surface area contributed by atoms with Crippen molar-refractivity contribution in [3.63, 3.8) is 0 Å². The smallest absolute Gasteiger partial charge is 0.260 e. The third-order valence-electron chi connectivity index (χ3n) is 3.22. The van der Waals surface area contributed by atoms with E-state index in [4.69, 9.17) is 16.3 Å². The van der Waals surface area contributed by atoms with Gasteiger partial charge in [-0.2, -0.15) is 15.4 Å². The van der Waals surface area contributed by atoms with Gasteiger partial charge in [-0.1, -0.05) is 38.4 Å². The molecule has 26 heavy (non-hydrogen) atoms. The summed E-state index contributed by atoms with van der Waals surface area (Å²) >= 11 is 5.82. The lowest BCUT2D eigenvalue weighted by Crippen LogP contribution is -2.39. The number of carbonyl (C=O) groups excluding carboxylic acids is 1. The van der Waals surface area contributed by atoms with Gasteiger partial charge in [0.05, 0.1) is 12.3 Å². The van der Waals surface area contributed by atoms with Crippen molar-refractivity contribution in [1.82, 2.24) is 20.7 Å². The van der Waals surface area contributed by atoms with E-state index in [9.17, 15) is 9.90 Å². The molecule has 8 heteroatoms. The summed E-state index contributed by atoms with van der Waals surface area (Å²) in [6.07, 6.45) is 3.36. The normalized spacial score (nSPS) is 17.3. The predicted molar refractivity (Wildman–Crippen MR) is 102 cm³/mol. The molecule has 0 saturated carbocycles. The first-order chi connectivity index (χ1) is 12.5. The molecule has 0 aliphatic carbocycles. The average molecular weight is 381 g/mol. The van der Waals surface area contributed by atoms with Gasteiger partial charge in [0.15, 0.2) is 6.10 Å². The van der Waals surface area contributed by atoms with Crippen LogP contribution in [0.2, 0.25) is 5.02 Å². The molecule has 0 bridgehead atoms. The molecule has 1 amide bonds. The summed E-state index contributed by atoms with van der Waals surface area (Å²) in [6, 6.07) is 4.98. The van der Waals surface area contributed by atoms with Gasteiger partial charge >= 0.3 is 0 Å². The Morgan fingerprint density at radius 2 is 2.23 bits per heavy atom. The summed E-state index contributed by atoms with van der Waals surface area (Å²) in [5.41, 5.74) is 1.41. The molecule has 3 N–H and O–H groups in total. The van der Waals surface area contributed by atoms with Crippen molar-refractivity contribution in [3.8, 4) is 5.75 Å². The maximum absolute atomic E-state index is 11.4. The first-order valence-electron chi connectivity index (χ1n) is 8.30. The van der Waals surface area contributed by atoms with Crippen molar-refractivity contribution in [1.29, 1.82) is 0 Å². The molecule has 1 aliphatic heterocycles. The molecule has 1 aliphatic rings. The second kappa shape index (κ2) is 11.3. The molecule has 2 heterocycles. The van der Waals surface area contributed by atoms with E-state index in [0.29, 0.717) is 16.3 Å². The Morgan fingerprint density at radius 1 is 1.54 bits per heavy atom. The molecule has 142 valence electrons. The molecule has 2 unspecified atom stereocenters. The first kappa shape index (κ1) is 21.7. The van der Waals surface area contributed by atoms with E-state index in [2.05, 4.69) is 41.2 Å². The second-order valence-electron chi connectivity index (χ2n) is 5.46. The third kappa shape index (κ3) is 6.50. The Kier molecular flexibility index (Phi) is 9.40. The van der Waals surface area contributed by atoms with Crippen LogP contribution in [0, 0.1) is 0 Å². The van der Waals surface area contributed by atoms with Crippen LogP contribution in [0.3, 0.4) is 0 Å². The monoisotopic (exact) mass is 380 g/mol. The molecule has 1 aromatic heterocycles. The van der Waals surface area contributed by atoms with Crippen LogP contribution < -0.4 is 10.1 Å². The first-order valence-corrected chi connectivity index (χ1v) is 8.68. The minimum Gasteiger partial charge on any atom is -0.480 e. The molecule has 1 aromatic carbocycles. The highest BCUT2D eigenvalue weighted by molar-refractivity contribution is 6.30. The number of aliphatic hydroxyl groups is 1. The summed E-state index contributed by atoms with van der Waals surface area (Å²) in [7, 11) is 1.54. The van der Waals surface area contributed by atoms with Crippen LogP contribution in [0.25, 0.3) is 6.08 Å². The SMILES string of the molecule is C=Cc1cn[nH]n1.CCC.CNC(=O)C1CC(O)c2cc(Cl)ccc2O1. The molecule has 3 rings (SSSR count). The number of likely N-dealkylation sites (N-methyl/N-ethyl adjacent to an activating group) is 1. The Morgan fingerprint density at radius 3 is 2.73 bits per heavy atom. The third-order valence-corrected chi connectivity index (χ3v) is 3.45. The highest BCUT2D eigenvalue weighted by Crippen LogP contribution is 2.36. The van der Waals surface area contributed by atoms with Gasteiger partial charge in [0.25, 0.3) is 5.91 Å². The molecule has 0 saturated heterocycles. The molecule has 0 radical (unpaired) electrons. The van der Waals surface area contributed by atoms with Gasteiger partial charge in [-0.3, -0.25) is 4.79 Å². The number of hydrogen-bond acceptors (Lipinski definition) is 5. The van der Waals surface area contributed by atoms with Crippen molar-refractivity contribution < 1.29 is 14.6 Å². The number of rotatable bonds is 2. The molecule has 2 aromatic rings. The summed E-state index contributed by atoms with van der Waals surface area (Å²) < 4.78 is 5.48. The van der Waals surface area contributed by atoms with Crippen molar-refractivity contribution in [2.75, 3.05) is 7.05 Å². The number of fused-ring (bicyclic) bond motifs is 1. The van der Waals surface area contributed by atoms with E-state index in [1.807, 2.05) is 0 Å². The van der Waals surface area contributed by atoms with Crippen LogP contribution in [-0.4, -0.2) is 39.6 Å². The summed E-state index contributed by atoms with van der Waals surface area (Å²) in [6.45, 7) is 7.73. The van der Waals surface area contributed by atoms with E-state index in [-0.39, 0.29) is 12.3 Å². The lowest BCUT2D eigenvalue weighted by molar-refractivity contribution is -0.129. The summed E-state index contributed by atoms with van der Waals surface area (Å²) in [5.74, 6) is 0.274. The fourth-order valence-corrected chi connectivity index (χ4v) is 2.23. The molecule has 7 nitrogen and oxygen atoms in total. The van der Waals surface area contributed by atoms with Gasteiger partial charge in [0.2, 0.25) is 0 Å². The van der Waals surface area contributed by atoms with Crippen LogP contribution >= 0.6 is 11.6 Å². The van der Waals surface area contributed by atoms with Crippen LogP contribution in [0.4, 0.5) is 0 Å². The summed E-state index contributed by atoms with van der Waals surface area (Å²) in [5, 5.41) is 22.6. The minimum atomic E-state index is -0.718. The number of nitrogens with one attached hydrogen (secondary N) is 2. The molecular formula is C18H25ClN4O3. The van der Waals surface area contributed by atoms with E-state index in [1.165, 1.54) is 13.5 Å². The standard InChI is InChI=1S/C11H12ClNO3.C4H5N3.C3H8/c1-13-11(15)10-5-8(14)7-4-6(12)2-3-9(7)16-10;1-2-4-3-5-7-6-4;1-3-2/h2-4,8,10,14H,5H2,1H3,(H,13,15);2-3H,1H2,(H,5,6,7);3H2,1-2H3. The van der Waals surface area contributed by atoms with Gasteiger partial charge in [0.1, 0.15) is 11.4 Å². The number of aromatic nitrogens is 3. The van der Waals surface area contributed by atoms with Crippen LogP contribution in [-0.2, 0) is 4.79 Å². The second-order valence-corrected chi connectivity index (χ2v) is 5.90. The number of amides is 1. The quantitative estimate of drug-likeness (QED) is 0.743. The molecular weight excluding hydrogens is 356 g/mol. The number of aromatic amines is 1. The van der Waals surface area contributed by atoms with Crippen molar-refractivity contribution in [2.24, 2.45) is 0 Å². The van der Waals surface area contributed by atoms with Gasteiger partial charge < -0.3 is 15.2 Å². The zero-order valence-corrected chi connectivity index (χ0v) is 16.0. The average Bonchev–Trinajstić information content (AvgIpc) is 3.16. The highest BCUT2D eigenvalue weighted by Gasteiger charge is 2.31. The molecule has 2 atom stereocenters. The van der Waals surface area contributed by atoms with Gasteiger partial charge in [-0.25, -0.2) is 0 Å². The van der Waals surface area contributed by atoms with Crippen molar-refractivity contribution in [3.05, 3.63) is 47.3 Å². The van der Waals surface area contributed by atoms with Crippen molar-refractivity contribution in [2.45, 2.75) is 38.9 Å². The van der Waals surface area contributed by atoms with E-state index in [1.54, 1.807) is 30.5 Å². The zero-order valence-electron chi connectivity index (χ0n) is 15.2. The largest absolute Gasteiger partial charge is 0.480 e. The Balaban J connectivity index is 0.000000280. The fraction of sp³-hybridized carbons (Fsp3) is 0.389. The lowest BCUT2D eigenvalue weighted by atomic mass is 9.99. The predicted octanol–water partition coefficient (Wildman–Crippen LogP) is 3.13. The van der Waals surface area contributed by atoms with Crippen molar-refractivity contribution >= 4 is 23.6 Å². The van der Waals surface area contributed by atoms with Crippen LogP contribution in [0.1, 0.15) is 44.1 Å². The van der Waals surface area contributed by atoms with Crippen LogP contribution in [0.15, 0.2) is 31.0 Å². The van der Waals surface area contributed by atoms with Gasteiger partial charge in [0, 0.05) is 24.1 Å². The van der Waals surface area contributed by atoms with Crippen LogP contribution in [0.5, 0.6) is 5.75 Å². The number of aliphatic hydroxyl groups excluding tert-OH is 1. The van der Waals surface area contributed by atoms with Gasteiger partial charge in [-0.15, -0.1) is 0 Å². The Labute approximate surface area is 158 Å². The number of ether oxygens (including phenoxy) is 1. The maximum Gasteiger partial charge on any atom is 0.260 e. The van der Waals surface area contributed by atoms with Gasteiger partial charge in [-0.05, 0) is 24.3 Å². The van der Waals surface area contributed by atoms with E-state index in [0.717, 1.165) is 5.69 Å². The highest BCUT2D eigenvalue weighted by atomic mass is 35.5. The van der Waals surface area contributed by atoms with E-state index < -0.39 is 12.2 Å². The number of H-pyrrole nitrogens is 1. The zero-order chi connectivity index (χ0) is 19.5. The molecule has 0 spiro atoms. The minimum absolute atomic E-state index is 0.236. The number of hydrogen-bond donors (Lipinski definition) is 3. The fourth-order valence-electron chi connectivity index (χ4n) is 2.05. The number of carbonyl (C=O) groups is 1. The number of nitrogens with zero attached hydrogens (tertiary/aromatic N) is 2. The molecule has 0 fully saturated rings. The number of halogens is 1.